The van der Waals surface area contributed by atoms with Crippen LogP contribution in [0.5, 0.6) is 0 Å². The molecule has 0 atom stereocenters. The quantitative estimate of drug-likeness (QED) is 0.727. The minimum Gasteiger partial charge on any atom is -0.292 e. The van der Waals surface area contributed by atoms with Gasteiger partial charge in [-0.25, -0.2) is 4.98 Å². The molecule has 0 fully saturated rings. The molecule has 3 nitrogen and oxygen atoms in total. The van der Waals surface area contributed by atoms with Gasteiger partial charge in [0.1, 0.15) is 5.65 Å². The van der Waals surface area contributed by atoms with Crippen molar-refractivity contribution in [3.63, 3.8) is 0 Å². The fourth-order valence-corrected chi connectivity index (χ4v) is 2.80. The molecule has 2 heterocycles. The highest BCUT2D eigenvalue weighted by molar-refractivity contribution is 5.81. The van der Waals surface area contributed by atoms with Gasteiger partial charge in [0.25, 0.3) is 5.56 Å². The fraction of sp³-hybridized carbons (Fsp3) is 0.263. The molecule has 0 aliphatic heterocycles. The lowest BCUT2D eigenvalue weighted by molar-refractivity contribution is 0.673. The highest BCUT2D eigenvalue weighted by Crippen LogP contribution is 2.21. The first-order valence-corrected chi connectivity index (χ1v) is 7.82. The second-order valence-electron chi connectivity index (χ2n) is 5.48. The first-order chi connectivity index (χ1) is 10.7. The van der Waals surface area contributed by atoms with E-state index >= 15 is 0 Å². The molecule has 0 aliphatic carbocycles. The minimum absolute atomic E-state index is 0.0429. The Morgan fingerprint density at radius 2 is 1.95 bits per heavy atom. The van der Waals surface area contributed by atoms with Crippen LogP contribution >= 0.6 is 0 Å². The van der Waals surface area contributed by atoms with Crippen molar-refractivity contribution in [3.05, 3.63) is 64.6 Å². The number of benzene rings is 1. The van der Waals surface area contributed by atoms with Gasteiger partial charge in [-0.3, -0.25) is 9.36 Å². The molecule has 3 aromatic rings. The van der Waals surface area contributed by atoms with Crippen molar-refractivity contribution in [2.75, 3.05) is 0 Å². The summed E-state index contributed by atoms with van der Waals surface area (Å²) in [6.07, 6.45) is 3.61. The lowest BCUT2D eigenvalue weighted by Gasteiger charge is -2.12. The van der Waals surface area contributed by atoms with Crippen LogP contribution in [0.15, 0.2) is 53.5 Å². The molecule has 3 heteroatoms. The molecule has 0 aliphatic rings. The summed E-state index contributed by atoms with van der Waals surface area (Å²) in [6, 6.07) is 14.1. The van der Waals surface area contributed by atoms with E-state index in [9.17, 15) is 4.79 Å². The molecule has 0 N–H and O–H groups in total. The molecule has 0 saturated heterocycles. The summed E-state index contributed by atoms with van der Waals surface area (Å²) in [5.74, 6) is 0. The Balaban J connectivity index is 2.29. The smallest absolute Gasteiger partial charge is 0.260 e. The summed E-state index contributed by atoms with van der Waals surface area (Å²) in [7, 11) is 0. The molecule has 3 rings (SSSR count). The molecule has 0 radical (unpaired) electrons. The zero-order valence-corrected chi connectivity index (χ0v) is 13.0. The van der Waals surface area contributed by atoms with E-state index in [1.165, 1.54) is 5.56 Å². The monoisotopic (exact) mass is 292 g/mol. The number of pyridine rings is 2. The van der Waals surface area contributed by atoms with Gasteiger partial charge in [0.15, 0.2) is 0 Å². The molecule has 2 aromatic heterocycles. The second kappa shape index (κ2) is 6.14. The number of aromatic nitrogens is 2. The number of aryl methyl sites for hydroxylation is 2. The standard InChI is InChI=1S/C19H20N2O/c1-3-11-21-18-16(9-6-10-20-18)13-17(19(21)22)15-8-5-7-14(4-2)12-15/h5-10,12-13H,3-4,11H2,1-2H3. The largest absolute Gasteiger partial charge is 0.292 e. The van der Waals surface area contributed by atoms with Gasteiger partial charge < -0.3 is 0 Å². The van der Waals surface area contributed by atoms with E-state index < -0.39 is 0 Å². The summed E-state index contributed by atoms with van der Waals surface area (Å²) in [5, 5.41) is 1.01. The molecule has 0 amide bonds. The van der Waals surface area contributed by atoms with Gasteiger partial charge in [-0.2, -0.15) is 0 Å². The molecular weight excluding hydrogens is 272 g/mol. The van der Waals surface area contributed by atoms with Crippen LogP contribution in [0, 0.1) is 0 Å². The summed E-state index contributed by atoms with van der Waals surface area (Å²) < 4.78 is 1.79. The van der Waals surface area contributed by atoms with Crippen LogP contribution in [0.3, 0.4) is 0 Å². The van der Waals surface area contributed by atoms with Gasteiger partial charge >= 0.3 is 0 Å². The lowest BCUT2D eigenvalue weighted by atomic mass is 10.0. The summed E-state index contributed by atoms with van der Waals surface area (Å²) in [6.45, 7) is 4.89. The maximum Gasteiger partial charge on any atom is 0.260 e. The van der Waals surface area contributed by atoms with Crippen LogP contribution in [0.25, 0.3) is 22.2 Å². The highest BCUT2D eigenvalue weighted by Gasteiger charge is 2.11. The van der Waals surface area contributed by atoms with E-state index in [-0.39, 0.29) is 5.56 Å². The van der Waals surface area contributed by atoms with Crippen LogP contribution < -0.4 is 5.56 Å². The molecule has 22 heavy (non-hydrogen) atoms. The normalized spacial score (nSPS) is 11.0. The Kier molecular flexibility index (Phi) is 4.05. The molecular formula is C19H20N2O. The van der Waals surface area contributed by atoms with Crippen LogP contribution in [-0.2, 0) is 13.0 Å². The Bertz CT molecular complexity index is 865. The van der Waals surface area contributed by atoms with Crippen molar-refractivity contribution >= 4 is 11.0 Å². The third-order valence-corrected chi connectivity index (χ3v) is 3.94. The van der Waals surface area contributed by atoms with Crippen LogP contribution in [0.2, 0.25) is 0 Å². The van der Waals surface area contributed by atoms with Crippen molar-refractivity contribution in [3.8, 4) is 11.1 Å². The Morgan fingerprint density at radius 3 is 2.73 bits per heavy atom. The summed E-state index contributed by atoms with van der Waals surface area (Å²) in [4.78, 5) is 17.3. The van der Waals surface area contributed by atoms with Crippen LogP contribution in [-0.4, -0.2) is 9.55 Å². The van der Waals surface area contributed by atoms with E-state index in [0.717, 1.165) is 35.0 Å². The molecule has 0 bridgehead atoms. The van der Waals surface area contributed by atoms with Crippen molar-refractivity contribution in [2.45, 2.75) is 33.2 Å². The highest BCUT2D eigenvalue weighted by atomic mass is 16.1. The van der Waals surface area contributed by atoms with Crippen molar-refractivity contribution in [2.24, 2.45) is 0 Å². The maximum atomic E-state index is 12.9. The van der Waals surface area contributed by atoms with Gasteiger partial charge in [-0.1, -0.05) is 38.1 Å². The van der Waals surface area contributed by atoms with E-state index in [4.69, 9.17) is 0 Å². The fourth-order valence-electron chi connectivity index (χ4n) is 2.80. The van der Waals surface area contributed by atoms with E-state index in [1.54, 1.807) is 10.8 Å². The van der Waals surface area contributed by atoms with Gasteiger partial charge in [0, 0.05) is 23.7 Å². The van der Waals surface area contributed by atoms with E-state index in [1.807, 2.05) is 30.3 Å². The van der Waals surface area contributed by atoms with Crippen LogP contribution in [0.1, 0.15) is 25.8 Å². The zero-order valence-electron chi connectivity index (χ0n) is 13.0. The van der Waals surface area contributed by atoms with Crippen LogP contribution in [0.4, 0.5) is 0 Å². The average molecular weight is 292 g/mol. The van der Waals surface area contributed by atoms with Gasteiger partial charge in [0.2, 0.25) is 0 Å². The number of nitrogens with zero attached hydrogens (tertiary/aromatic N) is 2. The van der Waals surface area contributed by atoms with Crippen molar-refractivity contribution in [1.29, 1.82) is 0 Å². The predicted molar refractivity (Wildman–Crippen MR) is 91.1 cm³/mol. The van der Waals surface area contributed by atoms with Gasteiger partial charge in [-0.05, 0) is 42.2 Å². The maximum absolute atomic E-state index is 12.9. The van der Waals surface area contributed by atoms with Gasteiger partial charge in [0.05, 0.1) is 0 Å². The van der Waals surface area contributed by atoms with E-state index in [0.29, 0.717) is 6.54 Å². The lowest BCUT2D eigenvalue weighted by Crippen LogP contribution is -2.22. The zero-order chi connectivity index (χ0) is 15.5. The van der Waals surface area contributed by atoms with E-state index in [2.05, 4.69) is 31.0 Å². The second-order valence-corrected chi connectivity index (χ2v) is 5.48. The number of fused-ring (bicyclic) bond motifs is 1. The molecule has 1 aromatic carbocycles. The molecule has 0 saturated carbocycles. The van der Waals surface area contributed by atoms with Crippen molar-refractivity contribution in [1.82, 2.24) is 9.55 Å². The predicted octanol–water partition coefficient (Wildman–Crippen LogP) is 4.04. The number of hydrogen-bond donors (Lipinski definition) is 0. The third-order valence-electron chi connectivity index (χ3n) is 3.94. The summed E-state index contributed by atoms with van der Waals surface area (Å²) >= 11 is 0. The first kappa shape index (κ1) is 14.5. The Hall–Kier alpha value is -2.42. The Morgan fingerprint density at radius 1 is 1.09 bits per heavy atom. The minimum atomic E-state index is 0.0429. The first-order valence-electron chi connectivity index (χ1n) is 7.82. The molecule has 0 spiro atoms. The Labute approximate surface area is 130 Å². The molecule has 0 unspecified atom stereocenters. The number of hydrogen-bond acceptors (Lipinski definition) is 2. The summed E-state index contributed by atoms with van der Waals surface area (Å²) in [5.41, 5.74) is 3.79. The van der Waals surface area contributed by atoms with Crippen molar-refractivity contribution < 1.29 is 0 Å². The third kappa shape index (κ3) is 2.54. The number of rotatable bonds is 4. The van der Waals surface area contributed by atoms with Gasteiger partial charge in [-0.15, -0.1) is 0 Å². The average Bonchev–Trinajstić information content (AvgIpc) is 2.57. The molecule has 112 valence electrons. The topological polar surface area (TPSA) is 34.9 Å². The SMILES string of the molecule is CCCn1c(=O)c(-c2cccc(CC)c2)cc2cccnc21.